The lowest BCUT2D eigenvalue weighted by Crippen LogP contribution is -2.26. The maximum absolute atomic E-state index is 12.5. The zero-order chi connectivity index (χ0) is 18.5. The van der Waals surface area contributed by atoms with Crippen molar-refractivity contribution >= 4 is 5.91 Å². The number of ether oxygens (including phenoxy) is 2. The number of carbonyl (C=O) groups excluding carboxylic acids is 1. The van der Waals surface area contributed by atoms with E-state index < -0.39 is 0 Å². The van der Waals surface area contributed by atoms with E-state index >= 15 is 0 Å². The molecular weight excluding hydrogens is 336 g/mol. The predicted molar refractivity (Wildman–Crippen MR) is 93.0 cm³/mol. The number of aryl methyl sites for hydroxylation is 1. The van der Waals surface area contributed by atoms with Crippen molar-refractivity contribution in [1.29, 1.82) is 0 Å². The average Bonchev–Trinajstić information content (AvgIpc) is 3.28. The summed E-state index contributed by atoms with van der Waals surface area (Å²) >= 11 is 0. The van der Waals surface area contributed by atoms with Gasteiger partial charge in [0.1, 0.15) is 6.61 Å². The second-order valence-electron chi connectivity index (χ2n) is 5.81. The maximum Gasteiger partial charge on any atom is 0.274 e. The van der Waals surface area contributed by atoms with Crippen LogP contribution in [0.15, 0.2) is 40.9 Å². The molecule has 0 unspecified atom stereocenters. The number of nitrogens with zero attached hydrogens (tertiary/aromatic N) is 3. The van der Waals surface area contributed by atoms with Gasteiger partial charge in [-0.15, -0.1) is 0 Å². The van der Waals surface area contributed by atoms with Crippen LogP contribution < -0.4 is 9.47 Å². The molecule has 136 valence electrons. The number of benzene rings is 1. The molecule has 0 saturated carbocycles. The van der Waals surface area contributed by atoms with E-state index in [1.807, 2.05) is 31.2 Å². The van der Waals surface area contributed by atoms with Gasteiger partial charge in [0.15, 0.2) is 23.0 Å². The molecule has 1 N–H and O–H groups in total. The van der Waals surface area contributed by atoms with Crippen molar-refractivity contribution in [3.05, 3.63) is 59.2 Å². The first-order valence-electron chi connectivity index (χ1n) is 8.04. The lowest BCUT2D eigenvalue weighted by molar-refractivity contribution is 0.0766. The topological polar surface area (TPSA) is 93.5 Å². The molecule has 8 heteroatoms. The Morgan fingerprint density at radius 2 is 2.04 bits per heavy atom. The van der Waals surface area contributed by atoms with E-state index in [-0.39, 0.29) is 12.5 Å². The molecule has 26 heavy (non-hydrogen) atoms. The summed E-state index contributed by atoms with van der Waals surface area (Å²) in [4.78, 5) is 14.0. The summed E-state index contributed by atoms with van der Waals surface area (Å²) in [6.07, 6.45) is 0. The van der Waals surface area contributed by atoms with Gasteiger partial charge in [-0.05, 0) is 25.1 Å². The fraction of sp³-hybridized carbons (Fsp3) is 0.278. The van der Waals surface area contributed by atoms with Crippen LogP contribution in [0.1, 0.15) is 27.6 Å². The van der Waals surface area contributed by atoms with Crippen LogP contribution in [0.2, 0.25) is 0 Å². The quantitative estimate of drug-likeness (QED) is 0.699. The van der Waals surface area contributed by atoms with Gasteiger partial charge in [0.2, 0.25) is 0 Å². The van der Waals surface area contributed by atoms with Gasteiger partial charge >= 0.3 is 0 Å². The molecule has 3 aromatic rings. The minimum Gasteiger partial charge on any atom is -0.493 e. The van der Waals surface area contributed by atoms with Gasteiger partial charge in [0.05, 0.1) is 25.0 Å². The van der Waals surface area contributed by atoms with Crippen molar-refractivity contribution in [2.45, 2.75) is 20.1 Å². The number of para-hydroxylation sites is 2. The number of amides is 1. The van der Waals surface area contributed by atoms with Gasteiger partial charge in [0.25, 0.3) is 5.91 Å². The van der Waals surface area contributed by atoms with Gasteiger partial charge in [-0.1, -0.05) is 17.3 Å². The predicted octanol–water partition coefficient (Wildman–Crippen LogP) is 2.57. The van der Waals surface area contributed by atoms with Crippen LogP contribution in [0.5, 0.6) is 11.5 Å². The Labute approximate surface area is 150 Å². The standard InChI is InChI=1S/C18H20N4O4/c1-12-8-14(26-21-12)10-22(2)18(23)15-9-13(19-20-15)11-25-17-7-5-4-6-16(17)24-3/h4-9H,10-11H2,1-3H3,(H,19,20). The number of nitrogens with one attached hydrogen (secondary N) is 1. The number of aromatic amines is 1. The summed E-state index contributed by atoms with van der Waals surface area (Å²) in [6.45, 7) is 2.39. The number of H-pyrrole nitrogens is 1. The summed E-state index contributed by atoms with van der Waals surface area (Å²) in [5, 5.41) is 10.7. The largest absolute Gasteiger partial charge is 0.493 e. The highest BCUT2D eigenvalue weighted by Gasteiger charge is 2.17. The number of aromatic nitrogens is 3. The smallest absolute Gasteiger partial charge is 0.274 e. The average molecular weight is 356 g/mol. The first-order valence-corrected chi connectivity index (χ1v) is 8.04. The monoisotopic (exact) mass is 356 g/mol. The van der Waals surface area contributed by atoms with Crippen LogP contribution in [-0.2, 0) is 13.2 Å². The van der Waals surface area contributed by atoms with Crippen LogP contribution in [0, 0.1) is 6.92 Å². The van der Waals surface area contributed by atoms with E-state index in [1.165, 1.54) is 4.90 Å². The molecule has 0 spiro atoms. The number of methoxy groups -OCH3 is 1. The second-order valence-corrected chi connectivity index (χ2v) is 5.81. The fourth-order valence-electron chi connectivity index (χ4n) is 2.43. The molecule has 0 atom stereocenters. The highest BCUT2D eigenvalue weighted by molar-refractivity contribution is 5.92. The van der Waals surface area contributed by atoms with E-state index in [4.69, 9.17) is 14.0 Å². The van der Waals surface area contributed by atoms with Crippen LogP contribution in [0.3, 0.4) is 0 Å². The van der Waals surface area contributed by atoms with Gasteiger partial charge in [-0.2, -0.15) is 5.10 Å². The van der Waals surface area contributed by atoms with Gasteiger partial charge in [-0.3, -0.25) is 9.89 Å². The Morgan fingerprint density at radius 1 is 1.27 bits per heavy atom. The van der Waals surface area contributed by atoms with E-state index in [0.29, 0.717) is 35.2 Å². The molecule has 2 heterocycles. The minimum atomic E-state index is -0.223. The Kier molecular flexibility index (Phi) is 5.21. The summed E-state index contributed by atoms with van der Waals surface area (Å²) < 4.78 is 16.1. The molecule has 1 amide bonds. The van der Waals surface area contributed by atoms with Gasteiger partial charge < -0.3 is 18.9 Å². The van der Waals surface area contributed by atoms with Crippen molar-refractivity contribution < 1.29 is 18.8 Å². The van der Waals surface area contributed by atoms with Crippen LogP contribution in [0.4, 0.5) is 0 Å². The van der Waals surface area contributed by atoms with Gasteiger partial charge in [0, 0.05) is 13.1 Å². The Hall–Kier alpha value is -3.29. The molecule has 0 bridgehead atoms. The summed E-state index contributed by atoms with van der Waals surface area (Å²) in [5.74, 6) is 1.66. The Balaban J connectivity index is 1.60. The molecule has 2 aromatic heterocycles. The Morgan fingerprint density at radius 3 is 2.73 bits per heavy atom. The van der Waals surface area contributed by atoms with Crippen LogP contribution >= 0.6 is 0 Å². The van der Waals surface area contributed by atoms with E-state index in [1.54, 1.807) is 26.3 Å². The first-order chi connectivity index (χ1) is 12.6. The molecule has 0 saturated heterocycles. The summed E-state index contributed by atoms with van der Waals surface area (Å²) in [6, 6.07) is 10.8. The van der Waals surface area contributed by atoms with Crippen molar-refractivity contribution in [1.82, 2.24) is 20.3 Å². The molecule has 0 aliphatic rings. The summed E-state index contributed by atoms with van der Waals surface area (Å²) in [5.41, 5.74) is 1.77. The van der Waals surface area contributed by atoms with Gasteiger partial charge in [-0.25, -0.2) is 0 Å². The Bertz CT molecular complexity index is 887. The molecule has 0 fully saturated rings. The zero-order valence-electron chi connectivity index (χ0n) is 14.9. The minimum absolute atomic E-state index is 0.223. The molecule has 3 rings (SSSR count). The molecular formula is C18H20N4O4. The normalized spacial score (nSPS) is 10.6. The molecule has 0 aliphatic heterocycles. The SMILES string of the molecule is COc1ccccc1OCc1cc(C(=O)N(C)Cc2cc(C)no2)n[nH]1. The lowest BCUT2D eigenvalue weighted by Gasteiger charge is -2.13. The van der Waals surface area contributed by atoms with E-state index in [2.05, 4.69) is 15.4 Å². The third-order valence-electron chi connectivity index (χ3n) is 3.72. The zero-order valence-corrected chi connectivity index (χ0v) is 14.9. The fourth-order valence-corrected chi connectivity index (χ4v) is 2.43. The lowest BCUT2D eigenvalue weighted by atomic mass is 10.3. The first kappa shape index (κ1) is 17.5. The summed E-state index contributed by atoms with van der Waals surface area (Å²) in [7, 11) is 3.26. The highest BCUT2D eigenvalue weighted by Crippen LogP contribution is 2.26. The molecule has 0 aliphatic carbocycles. The van der Waals surface area contributed by atoms with Crippen molar-refractivity contribution in [3.63, 3.8) is 0 Å². The third kappa shape index (κ3) is 4.02. The molecule has 8 nitrogen and oxygen atoms in total. The van der Waals surface area contributed by atoms with Crippen LogP contribution in [0.25, 0.3) is 0 Å². The maximum atomic E-state index is 12.5. The number of hydrogen-bond acceptors (Lipinski definition) is 6. The number of carbonyl (C=O) groups is 1. The third-order valence-corrected chi connectivity index (χ3v) is 3.72. The molecule has 1 aromatic carbocycles. The highest BCUT2D eigenvalue weighted by atomic mass is 16.5. The van der Waals surface area contributed by atoms with E-state index in [0.717, 1.165) is 5.69 Å². The second kappa shape index (κ2) is 7.73. The van der Waals surface area contributed by atoms with Crippen molar-refractivity contribution in [3.8, 4) is 11.5 Å². The van der Waals surface area contributed by atoms with E-state index in [9.17, 15) is 4.79 Å². The molecule has 0 radical (unpaired) electrons. The number of rotatable bonds is 7. The van der Waals surface area contributed by atoms with Crippen LogP contribution in [-0.4, -0.2) is 40.3 Å². The van der Waals surface area contributed by atoms with Crippen molar-refractivity contribution in [2.75, 3.05) is 14.2 Å². The number of hydrogen-bond donors (Lipinski definition) is 1. The van der Waals surface area contributed by atoms with Crippen molar-refractivity contribution in [2.24, 2.45) is 0 Å².